The van der Waals surface area contributed by atoms with Gasteiger partial charge in [-0.2, -0.15) is 0 Å². The zero-order valence-corrected chi connectivity index (χ0v) is 19.7. The Kier molecular flexibility index (Phi) is 6.27. The standard InChI is InChI=1S/C30H32O3/c1-5-28(2,3)29(4)21-27(31)33-26(29)22-32-30(23-15-9-6-10-16-23,24-17-11-7-12-18-24)25-19-13-8-14-20-25/h5-20,26H,1,21-22H2,2-4H3/t26-,29+/m1/s1. The molecule has 4 rings (SSSR count). The number of benzene rings is 3. The molecule has 0 N–H and O–H groups in total. The van der Waals surface area contributed by atoms with E-state index in [9.17, 15) is 4.79 Å². The van der Waals surface area contributed by atoms with Crippen LogP contribution in [0.3, 0.4) is 0 Å². The zero-order valence-electron chi connectivity index (χ0n) is 19.7. The van der Waals surface area contributed by atoms with E-state index in [1.807, 2.05) is 60.7 Å². The first-order valence-corrected chi connectivity index (χ1v) is 11.5. The Morgan fingerprint density at radius 3 is 1.73 bits per heavy atom. The highest BCUT2D eigenvalue weighted by atomic mass is 16.6. The van der Waals surface area contributed by atoms with Gasteiger partial charge in [0, 0.05) is 5.41 Å². The number of allylic oxidation sites excluding steroid dienone is 1. The Morgan fingerprint density at radius 2 is 1.33 bits per heavy atom. The van der Waals surface area contributed by atoms with Crippen LogP contribution in [0, 0.1) is 10.8 Å². The number of esters is 1. The monoisotopic (exact) mass is 440 g/mol. The van der Waals surface area contributed by atoms with Gasteiger partial charge in [0.25, 0.3) is 0 Å². The summed E-state index contributed by atoms with van der Waals surface area (Å²) in [5.41, 5.74) is 1.49. The average Bonchev–Trinajstić information content (AvgIpc) is 3.16. The molecule has 33 heavy (non-hydrogen) atoms. The van der Waals surface area contributed by atoms with Crippen LogP contribution < -0.4 is 0 Å². The van der Waals surface area contributed by atoms with Gasteiger partial charge in [-0.15, -0.1) is 6.58 Å². The number of rotatable bonds is 8. The second kappa shape index (κ2) is 8.99. The molecule has 3 nitrogen and oxygen atoms in total. The Labute approximate surface area is 197 Å². The third-order valence-electron chi connectivity index (χ3n) is 7.47. The van der Waals surface area contributed by atoms with Crippen molar-refractivity contribution < 1.29 is 14.3 Å². The van der Waals surface area contributed by atoms with Crippen molar-refractivity contribution in [2.75, 3.05) is 6.61 Å². The van der Waals surface area contributed by atoms with Crippen molar-refractivity contribution in [3.05, 3.63) is 120 Å². The molecule has 0 radical (unpaired) electrons. The van der Waals surface area contributed by atoms with E-state index in [1.165, 1.54) is 0 Å². The lowest BCUT2D eigenvalue weighted by Gasteiger charge is -2.43. The minimum atomic E-state index is -0.849. The van der Waals surface area contributed by atoms with Crippen molar-refractivity contribution in [3.8, 4) is 0 Å². The van der Waals surface area contributed by atoms with Gasteiger partial charge in [0.15, 0.2) is 0 Å². The highest BCUT2D eigenvalue weighted by molar-refractivity contribution is 5.73. The Morgan fingerprint density at radius 1 is 0.909 bits per heavy atom. The molecule has 0 bridgehead atoms. The van der Waals surface area contributed by atoms with Crippen molar-refractivity contribution in [1.82, 2.24) is 0 Å². The summed E-state index contributed by atoms with van der Waals surface area (Å²) in [7, 11) is 0. The first kappa shape index (κ1) is 23.0. The molecule has 0 unspecified atom stereocenters. The Hall–Kier alpha value is -3.17. The molecular formula is C30H32O3. The smallest absolute Gasteiger partial charge is 0.306 e. The topological polar surface area (TPSA) is 35.5 Å². The molecule has 1 heterocycles. The molecule has 0 saturated carbocycles. The molecule has 3 heteroatoms. The molecule has 0 aromatic heterocycles. The van der Waals surface area contributed by atoms with Crippen molar-refractivity contribution in [2.24, 2.45) is 10.8 Å². The fraction of sp³-hybridized carbons (Fsp3) is 0.300. The van der Waals surface area contributed by atoms with Gasteiger partial charge in [-0.05, 0) is 22.1 Å². The van der Waals surface area contributed by atoms with Crippen LogP contribution in [0.5, 0.6) is 0 Å². The van der Waals surface area contributed by atoms with Crippen LogP contribution in [-0.4, -0.2) is 18.7 Å². The number of hydrogen-bond acceptors (Lipinski definition) is 3. The van der Waals surface area contributed by atoms with Crippen molar-refractivity contribution in [2.45, 2.75) is 38.9 Å². The van der Waals surface area contributed by atoms with E-state index < -0.39 is 17.1 Å². The van der Waals surface area contributed by atoms with Crippen molar-refractivity contribution >= 4 is 5.97 Å². The number of carbonyl (C=O) groups excluding carboxylic acids is 1. The summed E-state index contributed by atoms with van der Waals surface area (Å²) in [5.74, 6) is -0.189. The maximum Gasteiger partial charge on any atom is 0.306 e. The number of ether oxygens (including phenoxy) is 2. The van der Waals surface area contributed by atoms with Gasteiger partial charge >= 0.3 is 5.97 Å². The second-order valence-electron chi connectivity index (χ2n) is 9.59. The minimum Gasteiger partial charge on any atom is -0.459 e. The van der Waals surface area contributed by atoms with E-state index >= 15 is 0 Å². The molecule has 3 aromatic carbocycles. The van der Waals surface area contributed by atoms with Gasteiger partial charge in [0.2, 0.25) is 0 Å². The summed E-state index contributed by atoms with van der Waals surface area (Å²) in [6.07, 6.45) is 1.86. The largest absolute Gasteiger partial charge is 0.459 e. The minimum absolute atomic E-state index is 0.189. The SMILES string of the molecule is C=CC(C)(C)[C@@]1(C)CC(=O)O[C@@H]1COC(c1ccccc1)(c1ccccc1)c1ccccc1. The molecule has 1 fully saturated rings. The summed E-state index contributed by atoms with van der Waals surface area (Å²) in [6.45, 7) is 10.6. The zero-order chi connectivity index (χ0) is 23.5. The molecule has 0 aliphatic carbocycles. The van der Waals surface area contributed by atoms with Gasteiger partial charge in [-0.3, -0.25) is 4.79 Å². The van der Waals surface area contributed by atoms with Crippen LogP contribution in [-0.2, 0) is 19.9 Å². The second-order valence-corrected chi connectivity index (χ2v) is 9.59. The third kappa shape index (κ3) is 4.02. The molecule has 2 atom stereocenters. The summed E-state index contributed by atoms with van der Waals surface area (Å²) >= 11 is 0. The van der Waals surface area contributed by atoms with Gasteiger partial charge in [-0.25, -0.2) is 0 Å². The molecule has 0 amide bonds. The lowest BCUT2D eigenvalue weighted by molar-refractivity contribution is -0.147. The average molecular weight is 441 g/mol. The highest BCUT2D eigenvalue weighted by Gasteiger charge is 2.54. The lowest BCUT2D eigenvalue weighted by Crippen LogP contribution is -2.45. The van der Waals surface area contributed by atoms with Gasteiger partial charge in [0.1, 0.15) is 11.7 Å². The van der Waals surface area contributed by atoms with Gasteiger partial charge < -0.3 is 9.47 Å². The van der Waals surface area contributed by atoms with Crippen LogP contribution >= 0.6 is 0 Å². The highest BCUT2D eigenvalue weighted by Crippen LogP contribution is 2.51. The molecule has 1 aliphatic heterocycles. The third-order valence-corrected chi connectivity index (χ3v) is 7.47. The van der Waals surface area contributed by atoms with Gasteiger partial charge in [0.05, 0.1) is 13.0 Å². The van der Waals surface area contributed by atoms with E-state index in [0.29, 0.717) is 6.42 Å². The van der Waals surface area contributed by atoms with E-state index in [4.69, 9.17) is 9.47 Å². The predicted octanol–water partition coefficient (Wildman–Crippen LogP) is 6.53. The molecular weight excluding hydrogens is 408 g/mol. The first-order valence-electron chi connectivity index (χ1n) is 11.5. The summed E-state index contributed by atoms with van der Waals surface area (Å²) < 4.78 is 12.8. The number of carbonyl (C=O) groups is 1. The van der Waals surface area contributed by atoms with Crippen LogP contribution in [0.1, 0.15) is 43.9 Å². The lowest BCUT2D eigenvalue weighted by atomic mass is 9.63. The van der Waals surface area contributed by atoms with E-state index in [1.54, 1.807) is 0 Å². The summed E-state index contributed by atoms with van der Waals surface area (Å²) in [4.78, 5) is 12.5. The van der Waals surface area contributed by atoms with Crippen LogP contribution in [0.4, 0.5) is 0 Å². The van der Waals surface area contributed by atoms with Gasteiger partial charge in [-0.1, -0.05) is 118 Å². The quantitative estimate of drug-likeness (QED) is 0.227. The van der Waals surface area contributed by atoms with Crippen LogP contribution in [0.2, 0.25) is 0 Å². The Bertz CT molecular complexity index is 992. The van der Waals surface area contributed by atoms with Crippen molar-refractivity contribution in [3.63, 3.8) is 0 Å². The molecule has 3 aromatic rings. The predicted molar refractivity (Wildman–Crippen MR) is 132 cm³/mol. The summed E-state index contributed by atoms with van der Waals surface area (Å²) in [5, 5.41) is 0. The molecule has 0 spiro atoms. The van der Waals surface area contributed by atoms with E-state index in [2.05, 4.69) is 63.7 Å². The Balaban J connectivity index is 1.83. The molecule has 170 valence electrons. The van der Waals surface area contributed by atoms with Crippen LogP contribution in [0.15, 0.2) is 104 Å². The van der Waals surface area contributed by atoms with E-state index in [0.717, 1.165) is 16.7 Å². The van der Waals surface area contributed by atoms with Crippen molar-refractivity contribution in [1.29, 1.82) is 0 Å². The van der Waals surface area contributed by atoms with E-state index in [-0.39, 0.29) is 18.0 Å². The normalized spacial score (nSPS) is 20.9. The number of hydrogen-bond donors (Lipinski definition) is 0. The maximum absolute atomic E-state index is 12.5. The van der Waals surface area contributed by atoms with Crippen LogP contribution in [0.25, 0.3) is 0 Å². The first-order chi connectivity index (χ1) is 15.8. The fourth-order valence-corrected chi connectivity index (χ4v) is 4.81. The maximum atomic E-state index is 12.5. The number of cyclic esters (lactones) is 1. The fourth-order valence-electron chi connectivity index (χ4n) is 4.81. The molecule has 1 saturated heterocycles. The molecule has 1 aliphatic rings. The summed E-state index contributed by atoms with van der Waals surface area (Å²) in [6, 6.07) is 30.7.